The van der Waals surface area contributed by atoms with Crippen LogP contribution in [0, 0.1) is 10.8 Å². The molecule has 0 aliphatic carbocycles. The summed E-state index contributed by atoms with van der Waals surface area (Å²) >= 11 is 0. The summed E-state index contributed by atoms with van der Waals surface area (Å²) in [6.07, 6.45) is 3.34. The number of esters is 2. The second-order valence-corrected chi connectivity index (χ2v) is 7.62. The standard InChI is InChI=1S/C22H38O5/c1-9-21(10-2,15-26-19(23)17(5)6)13-25-14-22(11-3,12-4)16-27-20(24)18(7)8/h5,7,9-16H2,1-4,6,8H3. The second-order valence-electron chi connectivity index (χ2n) is 7.62. The van der Waals surface area contributed by atoms with E-state index in [0.29, 0.717) is 37.6 Å². The first kappa shape index (κ1) is 25.4. The topological polar surface area (TPSA) is 61.8 Å². The van der Waals surface area contributed by atoms with Crippen molar-refractivity contribution in [2.45, 2.75) is 67.2 Å². The van der Waals surface area contributed by atoms with Crippen molar-refractivity contribution in [3.05, 3.63) is 24.3 Å². The van der Waals surface area contributed by atoms with Gasteiger partial charge in [0.2, 0.25) is 0 Å². The van der Waals surface area contributed by atoms with Crippen molar-refractivity contribution in [1.82, 2.24) is 0 Å². The minimum absolute atomic E-state index is 0.229. The molecule has 0 bridgehead atoms. The average molecular weight is 383 g/mol. The highest BCUT2D eigenvalue weighted by Crippen LogP contribution is 2.31. The van der Waals surface area contributed by atoms with E-state index >= 15 is 0 Å². The first-order valence-electron chi connectivity index (χ1n) is 9.84. The lowest BCUT2D eigenvalue weighted by atomic mass is 9.82. The van der Waals surface area contributed by atoms with Crippen LogP contribution < -0.4 is 0 Å². The van der Waals surface area contributed by atoms with Gasteiger partial charge in [0.25, 0.3) is 0 Å². The predicted molar refractivity (Wildman–Crippen MR) is 108 cm³/mol. The van der Waals surface area contributed by atoms with Gasteiger partial charge in [0.05, 0.1) is 26.4 Å². The van der Waals surface area contributed by atoms with Crippen LogP contribution in [0.3, 0.4) is 0 Å². The van der Waals surface area contributed by atoms with Crippen molar-refractivity contribution in [1.29, 1.82) is 0 Å². The molecular formula is C22H38O5. The van der Waals surface area contributed by atoms with Gasteiger partial charge < -0.3 is 14.2 Å². The molecule has 0 fully saturated rings. The van der Waals surface area contributed by atoms with Crippen molar-refractivity contribution in [2.24, 2.45) is 10.8 Å². The van der Waals surface area contributed by atoms with Gasteiger partial charge in [-0.15, -0.1) is 0 Å². The van der Waals surface area contributed by atoms with E-state index in [2.05, 4.69) is 40.9 Å². The molecule has 27 heavy (non-hydrogen) atoms. The highest BCUT2D eigenvalue weighted by molar-refractivity contribution is 5.87. The van der Waals surface area contributed by atoms with E-state index in [1.807, 2.05) is 0 Å². The maximum Gasteiger partial charge on any atom is 0.333 e. The summed E-state index contributed by atoms with van der Waals surface area (Å²) in [7, 11) is 0. The Morgan fingerprint density at radius 1 is 0.667 bits per heavy atom. The molecular weight excluding hydrogens is 344 g/mol. The molecule has 0 aromatic heterocycles. The third-order valence-corrected chi connectivity index (χ3v) is 5.53. The van der Waals surface area contributed by atoms with E-state index in [1.54, 1.807) is 13.8 Å². The molecule has 0 saturated carbocycles. The summed E-state index contributed by atoms with van der Waals surface area (Å²) in [5.74, 6) is -0.742. The van der Waals surface area contributed by atoms with Crippen molar-refractivity contribution in [3.63, 3.8) is 0 Å². The molecule has 0 aromatic carbocycles. The Hall–Kier alpha value is -1.62. The molecule has 5 heteroatoms. The zero-order valence-corrected chi connectivity index (χ0v) is 18.1. The van der Waals surface area contributed by atoms with Crippen LogP contribution in [0.4, 0.5) is 0 Å². The monoisotopic (exact) mass is 382 g/mol. The quantitative estimate of drug-likeness (QED) is 0.317. The average Bonchev–Trinajstić information content (AvgIpc) is 2.66. The Kier molecular flexibility index (Phi) is 11.2. The molecule has 5 nitrogen and oxygen atoms in total. The van der Waals surface area contributed by atoms with Gasteiger partial charge in [-0.25, -0.2) is 9.59 Å². The number of hydrogen-bond donors (Lipinski definition) is 0. The van der Waals surface area contributed by atoms with E-state index < -0.39 is 0 Å². The summed E-state index contributed by atoms with van der Waals surface area (Å²) in [6.45, 7) is 20.4. The summed E-state index contributed by atoms with van der Waals surface area (Å²) in [5.41, 5.74) is 0.332. The molecule has 0 rings (SSSR count). The van der Waals surface area contributed by atoms with Gasteiger partial charge >= 0.3 is 11.9 Å². The Morgan fingerprint density at radius 2 is 0.963 bits per heavy atom. The highest BCUT2D eigenvalue weighted by Gasteiger charge is 2.33. The SMILES string of the molecule is C=C(C)C(=O)OCC(CC)(CC)COCC(CC)(CC)COC(=O)C(=C)C. The highest BCUT2D eigenvalue weighted by atomic mass is 16.5. The van der Waals surface area contributed by atoms with Crippen molar-refractivity contribution in [2.75, 3.05) is 26.4 Å². The smallest absolute Gasteiger partial charge is 0.333 e. The third kappa shape index (κ3) is 8.29. The zero-order valence-electron chi connectivity index (χ0n) is 18.1. The molecule has 0 spiro atoms. The molecule has 0 saturated heterocycles. The predicted octanol–water partition coefficient (Wildman–Crippen LogP) is 4.85. The van der Waals surface area contributed by atoms with Crippen LogP contribution in [-0.2, 0) is 23.8 Å². The van der Waals surface area contributed by atoms with Gasteiger partial charge in [-0.05, 0) is 39.5 Å². The van der Waals surface area contributed by atoms with Crippen LogP contribution >= 0.6 is 0 Å². The van der Waals surface area contributed by atoms with Gasteiger partial charge in [0.15, 0.2) is 0 Å². The molecule has 0 radical (unpaired) electrons. The molecule has 0 heterocycles. The first-order valence-corrected chi connectivity index (χ1v) is 9.84. The molecule has 0 aromatic rings. The molecule has 0 aliphatic rings. The third-order valence-electron chi connectivity index (χ3n) is 5.53. The van der Waals surface area contributed by atoms with Crippen LogP contribution in [-0.4, -0.2) is 38.4 Å². The van der Waals surface area contributed by atoms with Crippen LogP contribution in [0.2, 0.25) is 0 Å². The van der Waals surface area contributed by atoms with E-state index in [4.69, 9.17) is 14.2 Å². The molecule has 0 N–H and O–H groups in total. The minimum atomic E-state index is -0.371. The summed E-state index contributed by atoms with van der Waals surface area (Å²) < 4.78 is 16.9. The maximum atomic E-state index is 11.7. The molecule has 0 aliphatic heterocycles. The van der Waals surface area contributed by atoms with Crippen molar-refractivity contribution in [3.8, 4) is 0 Å². The Morgan fingerprint density at radius 3 is 1.19 bits per heavy atom. The maximum absolute atomic E-state index is 11.7. The largest absolute Gasteiger partial charge is 0.462 e. The summed E-state index contributed by atoms with van der Waals surface area (Å²) in [4.78, 5) is 23.5. The molecule has 156 valence electrons. The van der Waals surface area contributed by atoms with E-state index in [1.165, 1.54) is 0 Å². The lowest BCUT2D eigenvalue weighted by molar-refractivity contribution is -0.147. The van der Waals surface area contributed by atoms with Crippen molar-refractivity contribution < 1.29 is 23.8 Å². The minimum Gasteiger partial charge on any atom is -0.462 e. The Bertz CT molecular complexity index is 467. The second kappa shape index (κ2) is 12.0. The first-order chi connectivity index (χ1) is 12.6. The molecule has 0 amide bonds. The number of ether oxygens (including phenoxy) is 3. The summed E-state index contributed by atoms with van der Waals surface area (Å²) in [5, 5.41) is 0. The fraction of sp³-hybridized carbons (Fsp3) is 0.727. The van der Waals surface area contributed by atoms with Crippen LogP contribution in [0.5, 0.6) is 0 Å². The van der Waals surface area contributed by atoms with E-state index in [9.17, 15) is 9.59 Å². The van der Waals surface area contributed by atoms with Crippen molar-refractivity contribution >= 4 is 11.9 Å². The Balaban J connectivity index is 4.87. The van der Waals surface area contributed by atoms with Crippen LogP contribution in [0.15, 0.2) is 24.3 Å². The number of rotatable bonds is 14. The lowest BCUT2D eigenvalue weighted by Crippen LogP contribution is -2.37. The van der Waals surface area contributed by atoms with Gasteiger partial charge in [0, 0.05) is 22.0 Å². The van der Waals surface area contributed by atoms with Gasteiger partial charge in [-0.1, -0.05) is 40.9 Å². The normalized spacial score (nSPS) is 11.8. The van der Waals surface area contributed by atoms with Crippen LogP contribution in [0.1, 0.15) is 67.2 Å². The fourth-order valence-corrected chi connectivity index (χ4v) is 2.57. The van der Waals surface area contributed by atoms with Gasteiger partial charge in [-0.2, -0.15) is 0 Å². The van der Waals surface area contributed by atoms with E-state index in [0.717, 1.165) is 25.7 Å². The summed E-state index contributed by atoms with van der Waals surface area (Å²) in [6, 6.07) is 0. The van der Waals surface area contributed by atoms with Gasteiger partial charge in [-0.3, -0.25) is 0 Å². The van der Waals surface area contributed by atoms with Gasteiger partial charge in [0.1, 0.15) is 0 Å². The number of hydrogen-bond acceptors (Lipinski definition) is 5. The van der Waals surface area contributed by atoms with Crippen LogP contribution in [0.25, 0.3) is 0 Å². The molecule has 0 unspecified atom stereocenters. The Labute approximate surface area is 165 Å². The van der Waals surface area contributed by atoms with E-state index in [-0.39, 0.29) is 22.8 Å². The molecule has 0 atom stereocenters. The number of carbonyl (C=O) groups is 2. The number of carbonyl (C=O) groups excluding carboxylic acids is 2. The fourth-order valence-electron chi connectivity index (χ4n) is 2.57. The lowest BCUT2D eigenvalue weighted by Gasteiger charge is -2.35. The zero-order chi connectivity index (χ0) is 21.1.